The first kappa shape index (κ1) is 13.4. The van der Waals surface area contributed by atoms with Gasteiger partial charge < -0.3 is 0 Å². The number of nitrogens with zero attached hydrogens (tertiary/aromatic N) is 2. The van der Waals surface area contributed by atoms with Gasteiger partial charge in [0.2, 0.25) is 10.0 Å². The van der Waals surface area contributed by atoms with Gasteiger partial charge in [-0.3, -0.25) is 4.90 Å². The zero-order valence-electron chi connectivity index (χ0n) is 10.6. The fourth-order valence-corrected chi connectivity index (χ4v) is 4.05. The van der Waals surface area contributed by atoms with E-state index in [-0.39, 0.29) is 0 Å². The summed E-state index contributed by atoms with van der Waals surface area (Å²) in [5.74, 6) is 0. The molecule has 1 saturated heterocycles. The summed E-state index contributed by atoms with van der Waals surface area (Å²) in [7, 11) is -3.36. The van der Waals surface area contributed by atoms with Gasteiger partial charge in [0.15, 0.2) is 0 Å². The topological polar surface area (TPSA) is 40.6 Å². The first-order valence-electron chi connectivity index (χ1n) is 6.57. The van der Waals surface area contributed by atoms with E-state index in [4.69, 9.17) is 11.6 Å². The molecule has 104 valence electrons. The Morgan fingerprint density at radius 3 is 2.11 bits per heavy atom. The van der Waals surface area contributed by atoms with Crippen LogP contribution in [0.5, 0.6) is 0 Å². The van der Waals surface area contributed by atoms with E-state index in [1.807, 2.05) is 0 Å². The molecule has 1 aromatic rings. The van der Waals surface area contributed by atoms with Crippen LogP contribution in [0.15, 0.2) is 29.2 Å². The van der Waals surface area contributed by atoms with E-state index >= 15 is 0 Å². The van der Waals surface area contributed by atoms with Crippen molar-refractivity contribution >= 4 is 21.6 Å². The van der Waals surface area contributed by atoms with Crippen LogP contribution in [0.2, 0.25) is 5.02 Å². The maximum Gasteiger partial charge on any atom is 0.243 e. The van der Waals surface area contributed by atoms with Crippen LogP contribution in [0.4, 0.5) is 0 Å². The van der Waals surface area contributed by atoms with E-state index in [1.54, 1.807) is 28.6 Å². The summed E-state index contributed by atoms with van der Waals surface area (Å²) >= 11 is 5.79. The van der Waals surface area contributed by atoms with Gasteiger partial charge in [0.25, 0.3) is 0 Å². The highest BCUT2D eigenvalue weighted by molar-refractivity contribution is 7.89. The fourth-order valence-electron chi connectivity index (χ4n) is 2.50. The Labute approximate surface area is 119 Å². The molecule has 0 atom stereocenters. The van der Waals surface area contributed by atoms with E-state index in [0.29, 0.717) is 29.0 Å². The molecular formula is C13H17ClN2O2S. The average Bonchev–Trinajstić information content (AvgIpc) is 3.24. The fraction of sp³-hybridized carbons (Fsp3) is 0.538. The first-order chi connectivity index (χ1) is 9.07. The van der Waals surface area contributed by atoms with Gasteiger partial charge in [0.1, 0.15) is 0 Å². The summed E-state index contributed by atoms with van der Waals surface area (Å²) in [6, 6.07) is 7.10. The minimum absolute atomic E-state index is 0.330. The van der Waals surface area contributed by atoms with Gasteiger partial charge in [0, 0.05) is 37.2 Å². The summed E-state index contributed by atoms with van der Waals surface area (Å²) in [4.78, 5) is 2.73. The minimum Gasteiger partial charge on any atom is -0.298 e. The molecule has 2 fully saturated rings. The lowest BCUT2D eigenvalue weighted by Gasteiger charge is -2.34. The van der Waals surface area contributed by atoms with Crippen molar-refractivity contribution in [3.63, 3.8) is 0 Å². The number of rotatable bonds is 3. The summed E-state index contributed by atoms with van der Waals surface area (Å²) < 4.78 is 26.5. The van der Waals surface area contributed by atoms with Crippen LogP contribution in [0.1, 0.15) is 12.8 Å². The van der Waals surface area contributed by atoms with Crippen molar-refractivity contribution in [1.29, 1.82) is 0 Å². The molecule has 6 heteroatoms. The molecule has 1 aliphatic carbocycles. The van der Waals surface area contributed by atoms with E-state index < -0.39 is 10.0 Å². The Hall–Kier alpha value is -0.620. The second-order valence-corrected chi connectivity index (χ2v) is 7.50. The van der Waals surface area contributed by atoms with Crippen LogP contribution < -0.4 is 0 Å². The molecular weight excluding hydrogens is 284 g/mol. The van der Waals surface area contributed by atoms with Crippen molar-refractivity contribution in [3.05, 3.63) is 29.3 Å². The predicted molar refractivity (Wildman–Crippen MR) is 74.8 cm³/mol. The van der Waals surface area contributed by atoms with Crippen molar-refractivity contribution in [1.82, 2.24) is 9.21 Å². The highest BCUT2D eigenvalue weighted by atomic mass is 35.5. The van der Waals surface area contributed by atoms with Crippen molar-refractivity contribution in [2.45, 2.75) is 23.8 Å². The third kappa shape index (κ3) is 2.79. The molecule has 0 spiro atoms. The number of hydrogen-bond donors (Lipinski definition) is 0. The Morgan fingerprint density at radius 1 is 1.00 bits per heavy atom. The van der Waals surface area contributed by atoms with Gasteiger partial charge in [-0.15, -0.1) is 0 Å². The first-order valence-corrected chi connectivity index (χ1v) is 8.39. The van der Waals surface area contributed by atoms with Crippen LogP contribution in [0.3, 0.4) is 0 Å². The largest absolute Gasteiger partial charge is 0.298 e. The van der Waals surface area contributed by atoms with Gasteiger partial charge in [-0.05, 0) is 37.1 Å². The van der Waals surface area contributed by atoms with Crippen molar-refractivity contribution in [2.24, 2.45) is 0 Å². The molecule has 0 amide bonds. The molecule has 0 N–H and O–H groups in total. The molecule has 3 rings (SSSR count). The molecule has 1 heterocycles. The van der Waals surface area contributed by atoms with E-state index in [2.05, 4.69) is 4.90 Å². The van der Waals surface area contributed by atoms with Gasteiger partial charge in [-0.2, -0.15) is 4.31 Å². The standard InChI is InChI=1S/C13H17ClN2O2S/c14-11-1-5-13(6-2-11)19(17,18)16-9-7-15(8-10-16)12-3-4-12/h1-2,5-6,12H,3-4,7-10H2. The lowest BCUT2D eigenvalue weighted by Crippen LogP contribution is -2.49. The summed E-state index contributed by atoms with van der Waals surface area (Å²) in [5, 5.41) is 0.553. The van der Waals surface area contributed by atoms with Crippen molar-refractivity contribution in [3.8, 4) is 0 Å². The Kier molecular flexibility index (Phi) is 3.55. The number of piperazine rings is 1. The van der Waals surface area contributed by atoms with E-state index in [0.717, 1.165) is 13.1 Å². The maximum atomic E-state index is 12.5. The van der Waals surface area contributed by atoms with Crippen molar-refractivity contribution in [2.75, 3.05) is 26.2 Å². The molecule has 1 aliphatic heterocycles. The molecule has 0 bridgehead atoms. The van der Waals surface area contributed by atoms with Gasteiger partial charge in [-0.25, -0.2) is 8.42 Å². The molecule has 1 aromatic carbocycles. The highest BCUT2D eigenvalue weighted by Gasteiger charge is 2.34. The molecule has 0 radical (unpaired) electrons. The van der Waals surface area contributed by atoms with Gasteiger partial charge in [-0.1, -0.05) is 11.6 Å². The number of halogens is 1. The van der Waals surface area contributed by atoms with Crippen LogP contribution in [0.25, 0.3) is 0 Å². The third-order valence-corrected chi connectivity index (χ3v) is 5.95. The van der Waals surface area contributed by atoms with E-state index in [9.17, 15) is 8.42 Å². The monoisotopic (exact) mass is 300 g/mol. The van der Waals surface area contributed by atoms with Gasteiger partial charge >= 0.3 is 0 Å². The van der Waals surface area contributed by atoms with Crippen LogP contribution in [0, 0.1) is 0 Å². The number of benzene rings is 1. The number of hydrogen-bond acceptors (Lipinski definition) is 3. The second kappa shape index (κ2) is 5.05. The van der Waals surface area contributed by atoms with Crippen LogP contribution >= 0.6 is 11.6 Å². The molecule has 4 nitrogen and oxygen atoms in total. The Morgan fingerprint density at radius 2 is 1.58 bits per heavy atom. The maximum absolute atomic E-state index is 12.5. The zero-order valence-corrected chi connectivity index (χ0v) is 12.2. The lowest BCUT2D eigenvalue weighted by molar-refractivity contribution is 0.180. The molecule has 2 aliphatic rings. The molecule has 0 aromatic heterocycles. The Balaban J connectivity index is 1.72. The van der Waals surface area contributed by atoms with Crippen molar-refractivity contribution < 1.29 is 8.42 Å². The SMILES string of the molecule is O=S(=O)(c1ccc(Cl)cc1)N1CCN(C2CC2)CC1. The van der Waals surface area contributed by atoms with Crippen LogP contribution in [-0.2, 0) is 10.0 Å². The summed E-state index contributed by atoms with van der Waals surface area (Å²) in [5.41, 5.74) is 0. The van der Waals surface area contributed by atoms with E-state index in [1.165, 1.54) is 12.8 Å². The van der Waals surface area contributed by atoms with Gasteiger partial charge in [0.05, 0.1) is 4.90 Å². The third-order valence-electron chi connectivity index (χ3n) is 3.79. The molecule has 19 heavy (non-hydrogen) atoms. The average molecular weight is 301 g/mol. The highest BCUT2D eigenvalue weighted by Crippen LogP contribution is 2.28. The van der Waals surface area contributed by atoms with Crippen LogP contribution in [-0.4, -0.2) is 49.8 Å². The molecule has 1 saturated carbocycles. The second-order valence-electron chi connectivity index (χ2n) is 5.13. The minimum atomic E-state index is -3.36. The quantitative estimate of drug-likeness (QED) is 0.855. The Bertz CT molecular complexity index is 547. The summed E-state index contributed by atoms with van der Waals surface area (Å²) in [6.45, 7) is 2.86. The smallest absolute Gasteiger partial charge is 0.243 e. The molecule has 0 unspecified atom stereocenters. The summed E-state index contributed by atoms with van der Waals surface area (Å²) in [6.07, 6.45) is 2.54. The predicted octanol–water partition coefficient (Wildman–Crippen LogP) is 1.81. The zero-order chi connectivity index (χ0) is 13.5. The lowest BCUT2D eigenvalue weighted by atomic mass is 10.3. The normalized spacial score (nSPS) is 22.6. The number of sulfonamides is 1.